The molecule has 0 saturated heterocycles. The van der Waals surface area contributed by atoms with E-state index < -0.39 is 0 Å². The fourth-order valence-corrected chi connectivity index (χ4v) is 1.01. The molecular weight excluding hydrogens is 146 g/mol. The third kappa shape index (κ3) is 1.24. The van der Waals surface area contributed by atoms with Crippen molar-refractivity contribution >= 4 is 12.6 Å². The SMILES string of the molecule is Cn1cccc(CS)c1=O. The van der Waals surface area contributed by atoms with Crippen molar-refractivity contribution in [3.8, 4) is 0 Å². The first-order chi connectivity index (χ1) is 4.75. The molecule has 1 rings (SSSR count). The minimum atomic E-state index is 0.0394. The van der Waals surface area contributed by atoms with Crippen molar-refractivity contribution in [2.45, 2.75) is 5.75 Å². The van der Waals surface area contributed by atoms with Gasteiger partial charge >= 0.3 is 0 Å². The van der Waals surface area contributed by atoms with Crippen LogP contribution in [0.1, 0.15) is 5.56 Å². The highest BCUT2D eigenvalue weighted by Gasteiger charge is 1.95. The Morgan fingerprint density at radius 2 is 2.40 bits per heavy atom. The van der Waals surface area contributed by atoms with Gasteiger partial charge in [0.15, 0.2) is 0 Å². The largest absolute Gasteiger partial charge is 0.318 e. The Balaban J connectivity index is 3.28. The Morgan fingerprint density at radius 1 is 1.70 bits per heavy atom. The number of aryl methyl sites for hydroxylation is 1. The van der Waals surface area contributed by atoms with E-state index in [4.69, 9.17) is 0 Å². The quantitative estimate of drug-likeness (QED) is 0.596. The van der Waals surface area contributed by atoms with Gasteiger partial charge in [-0.15, -0.1) is 0 Å². The van der Waals surface area contributed by atoms with Crippen molar-refractivity contribution in [3.63, 3.8) is 0 Å². The van der Waals surface area contributed by atoms with Gasteiger partial charge in [-0.3, -0.25) is 4.79 Å². The van der Waals surface area contributed by atoms with Gasteiger partial charge in [0, 0.05) is 24.6 Å². The van der Waals surface area contributed by atoms with Crippen LogP contribution in [-0.4, -0.2) is 4.57 Å². The smallest absolute Gasteiger partial charge is 0.254 e. The fraction of sp³-hybridized carbons (Fsp3) is 0.286. The van der Waals surface area contributed by atoms with E-state index in [0.717, 1.165) is 5.56 Å². The van der Waals surface area contributed by atoms with Crippen LogP contribution < -0.4 is 5.56 Å². The topological polar surface area (TPSA) is 22.0 Å². The van der Waals surface area contributed by atoms with Crippen LogP contribution in [0.15, 0.2) is 23.1 Å². The zero-order valence-electron chi connectivity index (χ0n) is 5.74. The van der Waals surface area contributed by atoms with E-state index in [1.54, 1.807) is 23.9 Å². The maximum Gasteiger partial charge on any atom is 0.254 e. The highest BCUT2D eigenvalue weighted by Crippen LogP contribution is 1.93. The summed E-state index contributed by atoms with van der Waals surface area (Å²) in [7, 11) is 1.73. The molecule has 0 spiro atoms. The lowest BCUT2D eigenvalue weighted by Crippen LogP contribution is -2.18. The van der Waals surface area contributed by atoms with Crippen molar-refractivity contribution in [1.82, 2.24) is 4.57 Å². The molecule has 0 bridgehead atoms. The van der Waals surface area contributed by atoms with E-state index in [-0.39, 0.29) is 5.56 Å². The first-order valence-electron chi connectivity index (χ1n) is 3.01. The van der Waals surface area contributed by atoms with Crippen molar-refractivity contribution in [2.24, 2.45) is 7.05 Å². The van der Waals surface area contributed by atoms with Gasteiger partial charge in [-0.2, -0.15) is 12.6 Å². The maximum atomic E-state index is 11.1. The van der Waals surface area contributed by atoms with Crippen LogP contribution in [0, 0.1) is 0 Å². The second-order valence-corrected chi connectivity index (χ2v) is 2.42. The Morgan fingerprint density at radius 3 is 2.90 bits per heavy atom. The van der Waals surface area contributed by atoms with Gasteiger partial charge in [0.25, 0.3) is 5.56 Å². The Kier molecular flexibility index (Phi) is 2.17. The number of pyridine rings is 1. The molecule has 3 heteroatoms. The Labute approximate surface area is 64.9 Å². The Hall–Kier alpha value is -0.700. The molecule has 2 nitrogen and oxygen atoms in total. The third-order valence-corrected chi connectivity index (χ3v) is 1.71. The van der Waals surface area contributed by atoms with E-state index in [1.165, 1.54) is 0 Å². The minimum Gasteiger partial charge on any atom is -0.318 e. The molecule has 0 amide bonds. The van der Waals surface area contributed by atoms with Crippen LogP contribution in [0.5, 0.6) is 0 Å². The first-order valence-corrected chi connectivity index (χ1v) is 3.64. The molecule has 0 fully saturated rings. The van der Waals surface area contributed by atoms with Gasteiger partial charge in [0.05, 0.1) is 0 Å². The number of nitrogens with zero attached hydrogens (tertiary/aromatic N) is 1. The summed E-state index contributed by atoms with van der Waals surface area (Å²) in [6, 6.07) is 3.63. The summed E-state index contributed by atoms with van der Waals surface area (Å²) in [4.78, 5) is 11.1. The van der Waals surface area contributed by atoms with Crippen molar-refractivity contribution < 1.29 is 0 Å². The van der Waals surface area contributed by atoms with E-state index in [2.05, 4.69) is 12.6 Å². The van der Waals surface area contributed by atoms with Crippen molar-refractivity contribution in [2.75, 3.05) is 0 Å². The normalized spacial score (nSPS) is 9.80. The summed E-state index contributed by atoms with van der Waals surface area (Å²) in [5, 5.41) is 0. The molecule has 0 saturated carbocycles. The molecule has 0 radical (unpaired) electrons. The summed E-state index contributed by atoms with van der Waals surface area (Å²) in [5.74, 6) is 0.507. The lowest BCUT2D eigenvalue weighted by atomic mass is 10.3. The number of aromatic nitrogens is 1. The molecule has 1 aromatic heterocycles. The Bertz CT molecular complexity index is 279. The molecule has 10 heavy (non-hydrogen) atoms. The van der Waals surface area contributed by atoms with E-state index >= 15 is 0 Å². The van der Waals surface area contributed by atoms with E-state index in [0.29, 0.717) is 5.75 Å². The van der Waals surface area contributed by atoms with E-state index in [9.17, 15) is 4.79 Å². The number of hydrogen-bond acceptors (Lipinski definition) is 2. The average molecular weight is 155 g/mol. The zero-order valence-corrected chi connectivity index (χ0v) is 6.64. The van der Waals surface area contributed by atoms with Gasteiger partial charge < -0.3 is 4.57 Å². The molecule has 0 aromatic carbocycles. The lowest BCUT2D eigenvalue weighted by molar-refractivity contribution is 0.847. The molecule has 1 heterocycles. The predicted octanol–water partition coefficient (Wildman–Crippen LogP) is 0.815. The highest BCUT2D eigenvalue weighted by molar-refractivity contribution is 7.79. The minimum absolute atomic E-state index is 0.0394. The van der Waals surface area contributed by atoms with Gasteiger partial charge in [-0.1, -0.05) is 6.07 Å². The monoisotopic (exact) mass is 155 g/mol. The molecule has 0 unspecified atom stereocenters. The number of thiol groups is 1. The molecule has 1 aromatic rings. The van der Waals surface area contributed by atoms with Crippen LogP contribution in [0.4, 0.5) is 0 Å². The lowest BCUT2D eigenvalue weighted by Gasteiger charge is -1.97. The molecule has 0 aliphatic rings. The fourth-order valence-electron chi connectivity index (χ4n) is 0.774. The van der Waals surface area contributed by atoms with Crippen LogP contribution in [0.25, 0.3) is 0 Å². The maximum absolute atomic E-state index is 11.1. The summed E-state index contributed by atoms with van der Waals surface area (Å²) >= 11 is 4.01. The molecule has 0 atom stereocenters. The molecular formula is C7H9NOS. The summed E-state index contributed by atoms with van der Waals surface area (Å²) < 4.78 is 1.55. The van der Waals surface area contributed by atoms with Crippen LogP contribution in [0.2, 0.25) is 0 Å². The summed E-state index contributed by atoms with van der Waals surface area (Å²) in [6.45, 7) is 0. The number of rotatable bonds is 1. The van der Waals surface area contributed by atoms with Crippen LogP contribution in [0.3, 0.4) is 0 Å². The number of hydrogen-bond donors (Lipinski definition) is 1. The molecule has 0 N–H and O–H groups in total. The second-order valence-electron chi connectivity index (χ2n) is 2.11. The first kappa shape index (κ1) is 7.41. The zero-order chi connectivity index (χ0) is 7.56. The van der Waals surface area contributed by atoms with Crippen LogP contribution in [-0.2, 0) is 12.8 Å². The van der Waals surface area contributed by atoms with Gasteiger partial charge in [-0.25, -0.2) is 0 Å². The van der Waals surface area contributed by atoms with Crippen LogP contribution >= 0.6 is 12.6 Å². The molecule has 0 aliphatic carbocycles. The molecule has 0 aliphatic heterocycles. The average Bonchev–Trinajstić information content (AvgIpc) is 1.95. The summed E-state index contributed by atoms with van der Waals surface area (Å²) in [6.07, 6.45) is 1.73. The second kappa shape index (κ2) is 2.92. The predicted molar refractivity (Wildman–Crippen MR) is 44.4 cm³/mol. The van der Waals surface area contributed by atoms with Gasteiger partial charge in [0.1, 0.15) is 0 Å². The standard InChI is InChI=1S/C7H9NOS/c1-8-4-2-3-6(5-10)7(8)9/h2-4,10H,5H2,1H3. The van der Waals surface area contributed by atoms with Crippen molar-refractivity contribution in [1.29, 1.82) is 0 Å². The summed E-state index contributed by atoms with van der Waals surface area (Å²) in [5.41, 5.74) is 0.783. The third-order valence-electron chi connectivity index (χ3n) is 1.37. The van der Waals surface area contributed by atoms with E-state index in [1.807, 2.05) is 6.07 Å². The molecule has 54 valence electrons. The van der Waals surface area contributed by atoms with Crippen molar-refractivity contribution in [3.05, 3.63) is 34.2 Å². The van der Waals surface area contributed by atoms with Gasteiger partial charge in [-0.05, 0) is 6.07 Å². The highest BCUT2D eigenvalue weighted by atomic mass is 32.1. The van der Waals surface area contributed by atoms with Gasteiger partial charge in [0.2, 0.25) is 0 Å².